The van der Waals surface area contributed by atoms with Gasteiger partial charge < -0.3 is 9.26 Å². The summed E-state index contributed by atoms with van der Waals surface area (Å²) in [6, 6.07) is 0. The molecule has 0 aromatic carbocycles. The molecule has 0 amide bonds. The van der Waals surface area contributed by atoms with Crippen LogP contribution in [-0.2, 0) is 4.74 Å². The van der Waals surface area contributed by atoms with Gasteiger partial charge in [0.05, 0.1) is 6.61 Å². The van der Waals surface area contributed by atoms with Crippen LogP contribution in [0.1, 0.15) is 36.3 Å². The van der Waals surface area contributed by atoms with Crippen LogP contribution in [0.25, 0.3) is 0 Å². The summed E-state index contributed by atoms with van der Waals surface area (Å²) in [5.74, 6) is -0.165. The van der Waals surface area contributed by atoms with Crippen molar-refractivity contribution in [2.75, 3.05) is 6.61 Å². The fraction of sp³-hybridized carbons (Fsp3) is 0.625. The molecule has 0 aliphatic rings. The molecule has 0 fully saturated rings. The van der Waals surface area contributed by atoms with Crippen molar-refractivity contribution < 1.29 is 14.1 Å². The number of esters is 1. The van der Waals surface area contributed by atoms with Crippen LogP contribution in [0.4, 0.5) is 0 Å². The first kappa shape index (κ1) is 9.70. The number of carbonyl (C=O) groups excluding carboxylic acids is 1. The minimum atomic E-state index is -0.523. The summed E-state index contributed by atoms with van der Waals surface area (Å²) in [5, 5.41) is 3.43. The van der Waals surface area contributed by atoms with Crippen molar-refractivity contribution in [3.8, 4) is 0 Å². The Morgan fingerprint density at radius 3 is 2.92 bits per heavy atom. The number of ether oxygens (including phenoxy) is 1. The van der Waals surface area contributed by atoms with Gasteiger partial charge in [-0.25, -0.2) is 4.79 Å². The quantitative estimate of drug-likeness (QED) is 0.521. The minimum Gasteiger partial charge on any atom is -0.460 e. The van der Waals surface area contributed by atoms with Crippen LogP contribution in [-0.4, -0.2) is 22.7 Å². The van der Waals surface area contributed by atoms with Crippen LogP contribution in [0, 0.1) is 6.92 Å². The third-order valence-electron chi connectivity index (χ3n) is 1.44. The molecule has 1 aromatic heterocycles. The maximum absolute atomic E-state index is 11.1. The van der Waals surface area contributed by atoms with Crippen LogP contribution >= 0.6 is 0 Å². The van der Waals surface area contributed by atoms with Crippen molar-refractivity contribution >= 4 is 5.97 Å². The molecule has 5 heteroatoms. The van der Waals surface area contributed by atoms with Crippen molar-refractivity contribution in [3.05, 3.63) is 11.7 Å². The van der Waals surface area contributed by atoms with Crippen LogP contribution in [0.2, 0.25) is 0 Å². The Morgan fingerprint density at radius 1 is 1.62 bits per heavy atom. The van der Waals surface area contributed by atoms with Gasteiger partial charge in [0.15, 0.2) is 0 Å². The van der Waals surface area contributed by atoms with E-state index in [0.29, 0.717) is 12.5 Å². The Hall–Kier alpha value is -1.39. The third kappa shape index (κ3) is 2.85. The molecular weight excluding hydrogens is 172 g/mol. The standard InChI is InChI=1S/C8H12N2O3/c1-3-4-5-12-8(11)7-9-6(2)13-10-7/h3-5H2,1-2H3. The van der Waals surface area contributed by atoms with E-state index in [1.54, 1.807) is 6.92 Å². The predicted octanol–water partition coefficient (Wildman–Crippen LogP) is 1.33. The van der Waals surface area contributed by atoms with E-state index < -0.39 is 5.97 Å². The normalized spacial score (nSPS) is 10.0. The van der Waals surface area contributed by atoms with Crippen LogP contribution in [0.3, 0.4) is 0 Å². The van der Waals surface area contributed by atoms with Crippen LogP contribution < -0.4 is 0 Å². The molecule has 0 spiro atoms. The molecule has 0 saturated carbocycles. The zero-order valence-electron chi connectivity index (χ0n) is 7.74. The summed E-state index contributed by atoms with van der Waals surface area (Å²) in [7, 11) is 0. The molecule has 0 aliphatic carbocycles. The number of unbranched alkanes of at least 4 members (excludes halogenated alkanes) is 1. The molecule has 0 radical (unpaired) electrons. The second kappa shape index (κ2) is 4.59. The Kier molecular flexibility index (Phi) is 3.42. The highest BCUT2D eigenvalue weighted by Gasteiger charge is 2.13. The monoisotopic (exact) mass is 184 g/mol. The number of aryl methyl sites for hydroxylation is 1. The van der Waals surface area contributed by atoms with Gasteiger partial charge in [-0.1, -0.05) is 13.3 Å². The van der Waals surface area contributed by atoms with Gasteiger partial charge in [0.25, 0.3) is 5.82 Å². The first-order valence-electron chi connectivity index (χ1n) is 4.21. The van der Waals surface area contributed by atoms with E-state index in [9.17, 15) is 4.79 Å². The summed E-state index contributed by atoms with van der Waals surface area (Å²) in [6.07, 6.45) is 1.83. The van der Waals surface area contributed by atoms with Gasteiger partial charge in [0, 0.05) is 6.92 Å². The lowest BCUT2D eigenvalue weighted by Gasteiger charge is -1.98. The van der Waals surface area contributed by atoms with Gasteiger partial charge in [0.1, 0.15) is 0 Å². The van der Waals surface area contributed by atoms with Gasteiger partial charge in [-0.15, -0.1) is 0 Å². The van der Waals surface area contributed by atoms with E-state index in [0.717, 1.165) is 12.8 Å². The molecule has 5 nitrogen and oxygen atoms in total. The Labute approximate surface area is 76.1 Å². The fourth-order valence-corrected chi connectivity index (χ4v) is 0.756. The summed E-state index contributed by atoms with van der Waals surface area (Å²) < 4.78 is 9.49. The SMILES string of the molecule is CCCCOC(=O)c1noc(C)n1. The maximum Gasteiger partial charge on any atom is 0.379 e. The first-order valence-corrected chi connectivity index (χ1v) is 4.21. The number of hydrogen-bond donors (Lipinski definition) is 0. The van der Waals surface area contributed by atoms with Crippen molar-refractivity contribution in [1.82, 2.24) is 10.1 Å². The second-order valence-corrected chi connectivity index (χ2v) is 2.63. The zero-order valence-corrected chi connectivity index (χ0v) is 7.74. The molecule has 0 aliphatic heterocycles. The molecule has 0 N–H and O–H groups in total. The lowest BCUT2D eigenvalue weighted by Crippen LogP contribution is -2.08. The number of rotatable bonds is 4. The lowest BCUT2D eigenvalue weighted by atomic mass is 10.4. The summed E-state index contributed by atoms with van der Waals surface area (Å²) in [6.45, 7) is 4.05. The van der Waals surface area contributed by atoms with Gasteiger partial charge in [-0.2, -0.15) is 4.98 Å². The van der Waals surface area contributed by atoms with Gasteiger partial charge >= 0.3 is 5.97 Å². The molecule has 1 rings (SSSR count). The summed E-state index contributed by atoms with van der Waals surface area (Å²) >= 11 is 0. The molecule has 0 bridgehead atoms. The first-order chi connectivity index (χ1) is 6.24. The van der Waals surface area contributed by atoms with Crippen LogP contribution in [0.15, 0.2) is 4.52 Å². The average Bonchev–Trinajstić information content (AvgIpc) is 2.52. The van der Waals surface area contributed by atoms with E-state index >= 15 is 0 Å². The summed E-state index contributed by atoms with van der Waals surface area (Å²) in [4.78, 5) is 14.9. The number of carbonyl (C=O) groups is 1. The Morgan fingerprint density at radius 2 is 2.38 bits per heavy atom. The van der Waals surface area contributed by atoms with E-state index in [-0.39, 0.29) is 5.82 Å². The molecular formula is C8H12N2O3. The van der Waals surface area contributed by atoms with E-state index in [1.165, 1.54) is 0 Å². The Bertz CT molecular complexity index is 283. The molecule has 0 unspecified atom stereocenters. The molecule has 1 aromatic rings. The minimum absolute atomic E-state index is 0.00592. The highest BCUT2D eigenvalue weighted by molar-refractivity contribution is 5.84. The Balaban J connectivity index is 2.40. The number of nitrogens with zero attached hydrogens (tertiary/aromatic N) is 2. The maximum atomic E-state index is 11.1. The van der Waals surface area contributed by atoms with Crippen molar-refractivity contribution in [1.29, 1.82) is 0 Å². The van der Waals surface area contributed by atoms with E-state index in [2.05, 4.69) is 14.7 Å². The highest BCUT2D eigenvalue weighted by atomic mass is 16.5. The highest BCUT2D eigenvalue weighted by Crippen LogP contribution is 1.98. The lowest BCUT2D eigenvalue weighted by molar-refractivity contribution is 0.0482. The summed E-state index contributed by atoms with van der Waals surface area (Å²) in [5.41, 5.74) is 0. The van der Waals surface area contributed by atoms with Crippen molar-refractivity contribution in [2.24, 2.45) is 0 Å². The molecule has 0 saturated heterocycles. The number of aromatic nitrogens is 2. The van der Waals surface area contributed by atoms with Crippen molar-refractivity contribution in [2.45, 2.75) is 26.7 Å². The van der Waals surface area contributed by atoms with Crippen molar-refractivity contribution in [3.63, 3.8) is 0 Å². The van der Waals surface area contributed by atoms with Gasteiger partial charge in [0.2, 0.25) is 5.89 Å². The van der Waals surface area contributed by atoms with Gasteiger partial charge in [-0.05, 0) is 11.6 Å². The fourth-order valence-electron chi connectivity index (χ4n) is 0.756. The van der Waals surface area contributed by atoms with Crippen LogP contribution in [0.5, 0.6) is 0 Å². The molecule has 1 heterocycles. The molecule has 0 atom stereocenters. The second-order valence-electron chi connectivity index (χ2n) is 2.63. The molecule has 72 valence electrons. The third-order valence-corrected chi connectivity index (χ3v) is 1.44. The number of hydrogen-bond acceptors (Lipinski definition) is 5. The van der Waals surface area contributed by atoms with E-state index in [1.807, 2.05) is 6.92 Å². The predicted molar refractivity (Wildman–Crippen MR) is 44.2 cm³/mol. The largest absolute Gasteiger partial charge is 0.460 e. The average molecular weight is 184 g/mol. The van der Waals surface area contributed by atoms with E-state index in [4.69, 9.17) is 4.74 Å². The topological polar surface area (TPSA) is 65.2 Å². The zero-order chi connectivity index (χ0) is 9.68. The molecule has 13 heavy (non-hydrogen) atoms. The smallest absolute Gasteiger partial charge is 0.379 e. The van der Waals surface area contributed by atoms with Gasteiger partial charge in [-0.3, -0.25) is 0 Å².